The van der Waals surface area contributed by atoms with E-state index in [1.807, 2.05) is 5.38 Å². The number of benzene rings is 1. The van der Waals surface area contributed by atoms with Crippen molar-refractivity contribution in [3.8, 4) is 0 Å². The van der Waals surface area contributed by atoms with E-state index in [1.54, 1.807) is 48.7 Å². The lowest BCUT2D eigenvalue weighted by molar-refractivity contribution is -0.139. The Hall–Kier alpha value is -1.46. The van der Waals surface area contributed by atoms with Gasteiger partial charge in [0, 0.05) is 0 Å². The van der Waals surface area contributed by atoms with Gasteiger partial charge in [-0.2, -0.15) is 11.3 Å². The molecule has 0 aliphatic heterocycles. The largest absolute Gasteiger partial charge is 0.480 e. The highest BCUT2D eigenvalue weighted by Crippen LogP contribution is 2.53. The highest BCUT2D eigenvalue weighted by atomic mass is 32.1. The normalized spacial score (nSPS) is 16.9. The van der Waals surface area contributed by atoms with Gasteiger partial charge in [-0.05, 0) is 34.9 Å². The molecule has 0 saturated heterocycles. The zero-order chi connectivity index (χ0) is 15.5. The van der Waals surface area contributed by atoms with E-state index in [1.165, 1.54) is 11.3 Å². The van der Waals surface area contributed by atoms with E-state index in [9.17, 15) is 19.4 Å². The predicted molar refractivity (Wildman–Crippen MR) is 82.5 cm³/mol. The Morgan fingerprint density at radius 3 is 2.43 bits per heavy atom. The maximum Gasteiger partial charge on any atom is 0.325 e. The van der Waals surface area contributed by atoms with Gasteiger partial charge in [-0.1, -0.05) is 30.3 Å². The number of nitrogens with one attached hydrogen (secondary N) is 1. The summed E-state index contributed by atoms with van der Waals surface area (Å²) >= 11 is 1.43. The van der Waals surface area contributed by atoms with Crippen molar-refractivity contribution in [3.63, 3.8) is 0 Å². The minimum atomic E-state index is -3.87. The molecule has 112 valence electrons. The Balaban J connectivity index is 2.24. The molecule has 0 spiro atoms. The van der Waals surface area contributed by atoms with E-state index in [4.69, 9.17) is 0 Å². The van der Waals surface area contributed by atoms with Gasteiger partial charge in [0.15, 0.2) is 0 Å². The third kappa shape index (κ3) is 3.80. The number of thiophene rings is 1. The summed E-state index contributed by atoms with van der Waals surface area (Å²) in [4.78, 5) is 21.6. The van der Waals surface area contributed by atoms with E-state index in [0.29, 0.717) is 5.56 Å². The molecule has 0 aliphatic rings. The zero-order valence-corrected chi connectivity index (χ0v) is 13.1. The summed E-state index contributed by atoms with van der Waals surface area (Å²) in [6.45, 7) is 1.61. The SMILES string of the molecule is CC(c1ccsc1)P(=O)(O)NC(C(=O)O)c1ccccc1. The minimum absolute atomic E-state index is 0.441. The fourth-order valence-electron chi connectivity index (χ4n) is 1.93. The molecule has 0 bridgehead atoms. The van der Waals surface area contributed by atoms with E-state index < -0.39 is 25.2 Å². The first-order valence-corrected chi connectivity index (χ1v) is 8.99. The van der Waals surface area contributed by atoms with Crippen molar-refractivity contribution in [3.05, 3.63) is 58.3 Å². The number of carbonyl (C=O) groups is 1. The van der Waals surface area contributed by atoms with Gasteiger partial charge in [0.05, 0.1) is 5.66 Å². The van der Waals surface area contributed by atoms with E-state index >= 15 is 0 Å². The lowest BCUT2D eigenvalue weighted by Gasteiger charge is -2.23. The smallest absolute Gasteiger partial charge is 0.325 e. The fraction of sp³-hybridized carbons (Fsp3) is 0.214. The van der Waals surface area contributed by atoms with Crippen molar-refractivity contribution in [1.82, 2.24) is 5.09 Å². The van der Waals surface area contributed by atoms with Gasteiger partial charge < -0.3 is 10.00 Å². The Labute approximate surface area is 126 Å². The molecule has 5 nitrogen and oxygen atoms in total. The van der Waals surface area contributed by atoms with Crippen molar-refractivity contribution in [2.45, 2.75) is 18.6 Å². The van der Waals surface area contributed by atoms with Gasteiger partial charge in [-0.25, -0.2) is 5.09 Å². The second-order valence-electron chi connectivity index (χ2n) is 4.67. The summed E-state index contributed by atoms with van der Waals surface area (Å²) in [7, 11) is -3.87. The summed E-state index contributed by atoms with van der Waals surface area (Å²) in [6, 6.07) is 8.91. The molecule has 0 fully saturated rings. The van der Waals surface area contributed by atoms with Crippen molar-refractivity contribution in [2.24, 2.45) is 0 Å². The molecule has 1 aromatic heterocycles. The summed E-state index contributed by atoms with van der Waals surface area (Å²) < 4.78 is 12.5. The van der Waals surface area contributed by atoms with E-state index in [-0.39, 0.29) is 0 Å². The first-order valence-electron chi connectivity index (χ1n) is 6.32. The van der Waals surface area contributed by atoms with Crippen LogP contribution in [0, 0.1) is 0 Å². The van der Waals surface area contributed by atoms with Crippen LogP contribution in [0.15, 0.2) is 47.2 Å². The highest BCUT2D eigenvalue weighted by Gasteiger charge is 2.34. The Morgan fingerprint density at radius 1 is 1.24 bits per heavy atom. The molecule has 0 saturated carbocycles. The standard InChI is InChI=1S/C14H16NO4PS/c1-10(12-7-8-21-9-12)20(18,19)15-13(14(16)17)11-5-3-2-4-6-11/h2-10,13H,1H3,(H,16,17)(H2,15,18,19). The average molecular weight is 325 g/mol. The van der Waals surface area contributed by atoms with Crippen LogP contribution in [0.25, 0.3) is 0 Å². The molecule has 0 radical (unpaired) electrons. The fourth-order valence-corrected chi connectivity index (χ4v) is 4.20. The van der Waals surface area contributed by atoms with Crippen LogP contribution in [0.5, 0.6) is 0 Å². The van der Waals surface area contributed by atoms with Crippen molar-refractivity contribution in [2.75, 3.05) is 0 Å². The van der Waals surface area contributed by atoms with Gasteiger partial charge in [-0.15, -0.1) is 0 Å². The van der Waals surface area contributed by atoms with Crippen LogP contribution < -0.4 is 5.09 Å². The maximum absolute atomic E-state index is 12.5. The second-order valence-corrected chi connectivity index (χ2v) is 7.73. The summed E-state index contributed by atoms with van der Waals surface area (Å²) in [6.07, 6.45) is 0. The van der Waals surface area contributed by atoms with Crippen LogP contribution in [0.4, 0.5) is 0 Å². The molecule has 3 N–H and O–H groups in total. The lowest BCUT2D eigenvalue weighted by atomic mass is 10.1. The maximum atomic E-state index is 12.5. The summed E-state index contributed by atoms with van der Waals surface area (Å²) in [5, 5.41) is 15.3. The molecular weight excluding hydrogens is 309 g/mol. The van der Waals surface area contributed by atoms with Crippen molar-refractivity contribution in [1.29, 1.82) is 0 Å². The van der Waals surface area contributed by atoms with Gasteiger partial charge in [0.25, 0.3) is 7.52 Å². The molecule has 3 unspecified atom stereocenters. The van der Waals surface area contributed by atoms with E-state index in [2.05, 4.69) is 5.09 Å². The number of aliphatic carboxylic acids is 1. The summed E-state index contributed by atoms with van der Waals surface area (Å²) in [5.74, 6) is -1.19. The Morgan fingerprint density at radius 2 is 1.90 bits per heavy atom. The molecule has 2 aromatic rings. The Kier molecular flexibility index (Phi) is 4.96. The van der Waals surface area contributed by atoms with Crippen LogP contribution in [-0.4, -0.2) is 16.0 Å². The monoisotopic (exact) mass is 325 g/mol. The molecule has 1 heterocycles. The highest BCUT2D eigenvalue weighted by molar-refractivity contribution is 7.56. The van der Waals surface area contributed by atoms with Crippen LogP contribution in [-0.2, 0) is 9.36 Å². The van der Waals surface area contributed by atoms with Gasteiger partial charge in [0.1, 0.15) is 6.04 Å². The van der Waals surface area contributed by atoms with Gasteiger partial charge >= 0.3 is 5.97 Å². The van der Waals surface area contributed by atoms with Crippen LogP contribution in [0.1, 0.15) is 29.8 Å². The minimum Gasteiger partial charge on any atom is -0.480 e. The third-order valence-corrected chi connectivity index (χ3v) is 5.92. The lowest BCUT2D eigenvalue weighted by Crippen LogP contribution is -2.27. The average Bonchev–Trinajstić information content (AvgIpc) is 2.98. The number of carboxylic acids is 1. The molecule has 7 heteroatoms. The van der Waals surface area contributed by atoms with Crippen molar-refractivity contribution >= 4 is 24.8 Å². The number of hydrogen-bond acceptors (Lipinski definition) is 3. The number of rotatable bonds is 6. The Bertz CT molecular complexity index is 644. The topological polar surface area (TPSA) is 86.6 Å². The quantitative estimate of drug-likeness (QED) is 0.709. The van der Waals surface area contributed by atoms with Crippen LogP contribution in [0.2, 0.25) is 0 Å². The van der Waals surface area contributed by atoms with Crippen LogP contribution >= 0.6 is 18.9 Å². The summed E-state index contributed by atoms with van der Waals surface area (Å²) in [5.41, 5.74) is 0.488. The second kappa shape index (κ2) is 6.54. The van der Waals surface area contributed by atoms with E-state index in [0.717, 1.165) is 5.56 Å². The van der Waals surface area contributed by atoms with Gasteiger partial charge in [-0.3, -0.25) is 9.36 Å². The predicted octanol–water partition coefficient (Wildman–Crippen LogP) is 3.41. The molecule has 0 amide bonds. The molecule has 0 aliphatic carbocycles. The molecule has 3 atom stereocenters. The van der Waals surface area contributed by atoms with Crippen LogP contribution in [0.3, 0.4) is 0 Å². The zero-order valence-electron chi connectivity index (χ0n) is 11.3. The number of carboxylic acid groups (broad SMARTS) is 1. The molecule has 1 aromatic carbocycles. The third-order valence-electron chi connectivity index (χ3n) is 3.24. The first kappa shape index (κ1) is 15.9. The van der Waals surface area contributed by atoms with Gasteiger partial charge in [0.2, 0.25) is 0 Å². The van der Waals surface area contributed by atoms with Crippen molar-refractivity contribution < 1.29 is 19.4 Å². The first-order chi connectivity index (χ1) is 9.92. The molecule has 21 heavy (non-hydrogen) atoms. The molecular formula is C14H16NO4PS. The number of hydrogen-bond donors (Lipinski definition) is 3. The molecule has 2 rings (SSSR count).